The van der Waals surface area contributed by atoms with Crippen molar-refractivity contribution in [2.24, 2.45) is 0 Å². The Kier molecular flexibility index (Phi) is 3.57. The highest BCUT2D eigenvalue weighted by Gasteiger charge is 2.30. The molecule has 2 heterocycles. The molecule has 1 aromatic rings. The van der Waals surface area contributed by atoms with Gasteiger partial charge in [-0.25, -0.2) is 4.98 Å². The van der Waals surface area contributed by atoms with Gasteiger partial charge in [-0.1, -0.05) is 11.6 Å². The summed E-state index contributed by atoms with van der Waals surface area (Å²) in [5.41, 5.74) is -0.382. The molecule has 1 fully saturated rings. The van der Waals surface area contributed by atoms with Crippen LogP contribution < -0.4 is 4.90 Å². The van der Waals surface area contributed by atoms with Crippen molar-refractivity contribution >= 4 is 28.1 Å². The predicted molar refractivity (Wildman–Crippen MR) is 70.6 cm³/mol. The van der Waals surface area contributed by atoms with E-state index in [-0.39, 0.29) is 5.54 Å². The summed E-state index contributed by atoms with van der Waals surface area (Å²) in [5.74, 6) is 0. The summed E-state index contributed by atoms with van der Waals surface area (Å²) >= 11 is 7.39. The third kappa shape index (κ3) is 2.71. The lowest BCUT2D eigenvalue weighted by molar-refractivity contribution is 0.158. The van der Waals surface area contributed by atoms with Crippen molar-refractivity contribution in [3.8, 4) is 6.07 Å². The Labute approximate surface area is 110 Å². The number of anilines is 1. The first-order chi connectivity index (χ1) is 8.03. The maximum Gasteiger partial charge on any atom is 0.186 e. The Morgan fingerprint density at radius 3 is 2.53 bits per heavy atom. The molecule has 0 N–H and O–H groups in total. The van der Waals surface area contributed by atoms with Gasteiger partial charge in [0, 0.05) is 31.6 Å². The van der Waals surface area contributed by atoms with Crippen LogP contribution in [0.4, 0.5) is 5.13 Å². The normalized spacial score (nSPS) is 18.1. The number of nitriles is 1. The van der Waals surface area contributed by atoms with Crippen LogP contribution >= 0.6 is 22.9 Å². The van der Waals surface area contributed by atoms with E-state index in [2.05, 4.69) is 20.9 Å². The minimum Gasteiger partial charge on any atom is -0.345 e. The Balaban J connectivity index is 1.97. The van der Waals surface area contributed by atoms with Crippen LogP contribution in [-0.4, -0.2) is 41.6 Å². The molecular formula is C11H15ClN4S. The van der Waals surface area contributed by atoms with Gasteiger partial charge in [0.25, 0.3) is 0 Å². The molecule has 0 saturated carbocycles. The van der Waals surface area contributed by atoms with Gasteiger partial charge in [-0.2, -0.15) is 5.26 Å². The molecule has 0 aromatic carbocycles. The topological polar surface area (TPSA) is 43.2 Å². The molecule has 1 aromatic heterocycles. The average Bonchev–Trinajstić information content (AvgIpc) is 2.76. The molecule has 17 heavy (non-hydrogen) atoms. The number of thiazole rings is 1. The highest BCUT2D eigenvalue weighted by molar-refractivity contribution is 7.14. The summed E-state index contributed by atoms with van der Waals surface area (Å²) in [5, 5.41) is 12.5. The van der Waals surface area contributed by atoms with Gasteiger partial charge in [-0.15, -0.1) is 11.3 Å². The van der Waals surface area contributed by atoms with E-state index in [1.165, 1.54) is 0 Å². The van der Waals surface area contributed by atoms with Crippen molar-refractivity contribution in [1.29, 1.82) is 5.26 Å². The number of rotatable bonds is 2. The van der Waals surface area contributed by atoms with Crippen LogP contribution in [0.3, 0.4) is 0 Å². The summed E-state index contributed by atoms with van der Waals surface area (Å²) in [6.45, 7) is 7.49. The van der Waals surface area contributed by atoms with Gasteiger partial charge >= 0.3 is 0 Å². The van der Waals surface area contributed by atoms with Crippen LogP contribution in [-0.2, 0) is 0 Å². The van der Waals surface area contributed by atoms with Crippen molar-refractivity contribution < 1.29 is 0 Å². The Hall–Kier alpha value is -0.830. The zero-order valence-corrected chi connectivity index (χ0v) is 11.6. The molecule has 0 atom stereocenters. The molecule has 92 valence electrons. The fourth-order valence-corrected chi connectivity index (χ4v) is 2.92. The number of aromatic nitrogens is 1. The fourth-order valence-electron chi connectivity index (χ4n) is 1.92. The van der Waals surface area contributed by atoms with Crippen molar-refractivity contribution in [3.63, 3.8) is 0 Å². The SMILES string of the molecule is CC(C)(C#N)N1CCN(c2nc(Cl)cs2)CC1. The van der Waals surface area contributed by atoms with Gasteiger partial charge in [-0.3, -0.25) is 4.90 Å². The first-order valence-electron chi connectivity index (χ1n) is 5.55. The zero-order chi connectivity index (χ0) is 12.5. The van der Waals surface area contributed by atoms with Crippen molar-refractivity contribution in [3.05, 3.63) is 10.5 Å². The Morgan fingerprint density at radius 2 is 2.06 bits per heavy atom. The lowest BCUT2D eigenvalue weighted by Crippen LogP contribution is -2.54. The summed E-state index contributed by atoms with van der Waals surface area (Å²) < 4.78 is 0. The minimum atomic E-state index is -0.382. The second-order valence-electron chi connectivity index (χ2n) is 4.60. The largest absolute Gasteiger partial charge is 0.345 e. The van der Waals surface area contributed by atoms with E-state index < -0.39 is 0 Å². The van der Waals surface area contributed by atoms with Gasteiger partial charge < -0.3 is 4.90 Å². The summed E-state index contributed by atoms with van der Waals surface area (Å²) in [6.07, 6.45) is 0. The second kappa shape index (κ2) is 4.81. The fraction of sp³-hybridized carbons (Fsp3) is 0.636. The van der Waals surface area contributed by atoms with Gasteiger partial charge in [0.2, 0.25) is 0 Å². The van der Waals surface area contributed by atoms with E-state index in [0.717, 1.165) is 31.3 Å². The van der Waals surface area contributed by atoms with E-state index in [0.29, 0.717) is 5.15 Å². The van der Waals surface area contributed by atoms with Crippen molar-refractivity contribution in [2.75, 3.05) is 31.1 Å². The molecule has 0 unspecified atom stereocenters. The summed E-state index contributed by atoms with van der Waals surface area (Å²) in [4.78, 5) is 8.70. The van der Waals surface area contributed by atoms with Crippen LogP contribution in [0, 0.1) is 11.3 Å². The third-order valence-corrected chi connectivity index (χ3v) is 4.30. The molecule has 1 aliphatic rings. The number of hydrogen-bond donors (Lipinski definition) is 0. The van der Waals surface area contributed by atoms with Crippen molar-refractivity contribution in [1.82, 2.24) is 9.88 Å². The zero-order valence-electron chi connectivity index (χ0n) is 9.98. The van der Waals surface area contributed by atoms with Gasteiger partial charge in [0.15, 0.2) is 5.13 Å². The molecule has 0 bridgehead atoms. The summed E-state index contributed by atoms with van der Waals surface area (Å²) in [7, 11) is 0. The van der Waals surface area contributed by atoms with Crippen LogP contribution in [0.1, 0.15) is 13.8 Å². The first kappa shape index (κ1) is 12.6. The van der Waals surface area contributed by atoms with Crippen LogP contribution in [0.15, 0.2) is 5.38 Å². The molecule has 1 saturated heterocycles. The van der Waals surface area contributed by atoms with E-state index in [9.17, 15) is 0 Å². The highest BCUT2D eigenvalue weighted by atomic mass is 35.5. The lowest BCUT2D eigenvalue weighted by Gasteiger charge is -2.40. The molecule has 0 aliphatic carbocycles. The third-order valence-electron chi connectivity index (χ3n) is 3.08. The summed E-state index contributed by atoms with van der Waals surface area (Å²) in [6, 6.07) is 2.34. The molecule has 4 nitrogen and oxygen atoms in total. The maximum absolute atomic E-state index is 9.10. The molecule has 0 radical (unpaired) electrons. The Morgan fingerprint density at radius 1 is 1.41 bits per heavy atom. The first-order valence-corrected chi connectivity index (χ1v) is 6.81. The molecule has 1 aliphatic heterocycles. The van der Waals surface area contributed by atoms with E-state index in [4.69, 9.17) is 16.9 Å². The minimum absolute atomic E-state index is 0.382. The monoisotopic (exact) mass is 270 g/mol. The smallest absolute Gasteiger partial charge is 0.186 e. The molecule has 0 amide bonds. The standard InChI is InChI=1S/C11H15ClN4S/c1-11(2,8-13)16-5-3-15(4-6-16)10-14-9(12)7-17-10/h7H,3-6H2,1-2H3. The quantitative estimate of drug-likeness (QED) is 0.827. The number of hydrogen-bond acceptors (Lipinski definition) is 5. The van der Waals surface area contributed by atoms with E-state index >= 15 is 0 Å². The number of halogens is 1. The highest BCUT2D eigenvalue weighted by Crippen LogP contribution is 2.25. The molecule has 0 spiro atoms. The van der Waals surface area contributed by atoms with Gasteiger partial charge in [0.05, 0.1) is 6.07 Å². The second-order valence-corrected chi connectivity index (χ2v) is 5.82. The van der Waals surface area contributed by atoms with E-state index in [1.807, 2.05) is 19.2 Å². The molecule has 2 rings (SSSR count). The average molecular weight is 271 g/mol. The van der Waals surface area contributed by atoms with Gasteiger partial charge in [-0.05, 0) is 13.8 Å². The molecular weight excluding hydrogens is 256 g/mol. The maximum atomic E-state index is 9.10. The van der Waals surface area contributed by atoms with Gasteiger partial charge in [0.1, 0.15) is 10.7 Å². The van der Waals surface area contributed by atoms with Crippen LogP contribution in [0.5, 0.6) is 0 Å². The number of piperazine rings is 1. The van der Waals surface area contributed by atoms with Crippen LogP contribution in [0.2, 0.25) is 5.15 Å². The van der Waals surface area contributed by atoms with Crippen molar-refractivity contribution in [2.45, 2.75) is 19.4 Å². The predicted octanol–water partition coefficient (Wildman–Crippen LogP) is 2.22. The lowest BCUT2D eigenvalue weighted by atomic mass is 10.0. The Bertz CT molecular complexity index is 429. The van der Waals surface area contributed by atoms with Crippen LogP contribution in [0.25, 0.3) is 0 Å². The van der Waals surface area contributed by atoms with E-state index in [1.54, 1.807) is 11.3 Å². The number of nitrogens with zero attached hydrogens (tertiary/aromatic N) is 4. The molecule has 6 heteroatoms.